The summed E-state index contributed by atoms with van der Waals surface area (Å²) in [5.74, 6) is -1.18. The first-order valence-electron chi connectivity index (χ1n) is 6.08. The summed E-state index contributed by atoms with van der Waals surface area (Å²) in [4.78, 5) is 10.9. The number of rotatable bonds is 5. The zero-order valence-electron chi connectivity index (χ0n) is 11.8. The van der Waals surface area contributed by atoms with E-state index < -0.39 is 16.0 Å². The largest absolute Gasteiger partial charge is 0.478 e. The smallest absolute Gasteiger partial charge is 0.340 e. The van der Waals surface area contributed by atoms with Crippen molar-refractivity contribution in [1.82, 2.24) is 4.72 Å². The van der Waals surface area contributed by atoms with Crippen molar-refractivity contribution in [2.24, 2.45) is 0 Å². The maximum absolute atomic E-state index is 12.4. The topological polar surface area (TPSA) is 96.6 Å². The van der Waals surface area contributed by atoms with Crippen LogP contribution >= 0.6 is 11.3 Å². The van der Waals surface area contributed by atoms with E-state index in [1.54, 1.807) is 0 Å². The zero-order valence-corrected chi connectivity index (χ0v) is 13.4. The van der Waals surface area contributed by atoms with Gasteiger partial charge in [0.25, 0.3) is 0 Å². The van der Waals surface area contributed by atoms with Gasteiger partial charge in [-0.25, -0.2) is 17.9 Å². The molecule has 0 atom stereocenters. The van der Waals surface area contributed by atoms with Crippen molar-refractivity contribution in [2.45, 2.75) is 32.2 Å². The van der Waals surface area contributed by atoms with Gasteiger partial charge in [0.2, 0.25) is 10.0 Å². The third kappa shape index (κ3) is 3.02. The Kier molecular flexibility index (Phi) is 4.22. The van der Waals surface area contributed by atoms with Crippen molar-refractivity contribution in [3.05, 3.63) is 39.0 Å². The highest BCUT2D eigenvalue weighted by Crippen LogP contribution is 2.26. The molecule has 2 heterocycles. The van der Waals surface area contributed by atoms with Gasteiger partial charge in [-0.2, -0.15) is 11.3 Å². The predicted octanol–water partition coefficient (Wildman–Crippen LogP) is 2.44. The van der Waals surface area contributed by atoms with Gasteiger partial charge in [-0.05, 0) is 42.7 Å². The third-order valence-electron chi connectivity index (χ3n) is 3.10. The Morgan fingerprint density at radius 3 is 2.48 bits per heavy atom. The van der Waals surface area contributed by atoms with Gasteiger partial charge in [-0.3, -0.25) is 0 Å². The Bertz CT molecular complexity index is 786. The van der Waals surface area contributed by atoms with Gasteiger partial charge >= 0.3 is 5.97 Å². The number of carbonyl (C=O) groups is 1. The molecule has 21 heavy (non-hydrogen) atoms. The van der Waals surface area contributed by atoms with Crippen molar-refractivity contribution in [3.63, 3.8) is 0 Å². The Morgan fingerprint density at radius 2 is 1.95 bits per heavy atom. The number of thiophene rings is 1. The standard InChI is InChI=1S/C13H15NO5S2/c1-7-5-20-6-10(7)4-14-21(17,18)12-9(3)19-8(2)11(12)13(15)16/h5-6,14H,4H2,1-3H3,(H,15,16). The van der Waals surface area contributed by atoms with E-state index >= 15 is 0 Å². The number of hydrogen-bond acceptors (Lipinski definition) is 5. The van der Waals surface area contributed by atoms with Gasteiger partial charge in [0.1, 0.15) is 22.0 Å². The number of aryl methyl sites for hydroxylation is 3. The predicted molar refractivity (Wildman–Crippen MR) is 78.2 cm³/mol. The van der Waals surface area contributed by atoms with Crippen LogP contribution in [0.1, 0.15) is 33.0 Å². The number of carboxylic acid groups (broad SMARTS) is 1. The molecule has 6 nitrogen and oxygen atoms in total. The molecule has 0 amide bonds. The molecule has 0 aromatic carbocycles. The first-order chi connectivity index (χ1) is 9.74. The molecule has 0 unspecified atom stereocenters. The fourth-order valence-electron chi connectivity index (χ4n) is 2.05. The molecule has 2 aromatic heterocycles. The molecule has 2 N–H and O–H groups in total. The summed E-state index contributed by atoms with van der Waals surface area (Å²) in [6.07, 6.45) is 0. The van der Waals surface area contributed by atoms with Crippen LogP contribution in [0.2, 0.25) is 0 Å². The summed E-state index contributed by atoms with van der Waals surface area (Å²) in [6.45, 7) is 4.86. The highest BCUT2D eigenvalue weighted by Gasteiger charge is 2.30. The molecule has 0 saturated heterocycles. The molecule has 0 aliphatic carbocycles. The van der Waals surface area contributed by atoms with Crippen LogP contribution in [0.3, 0.4) is 0 Å². The molecule has 8 heteroatoms. The first kappa shape index (κ1) is 15.7. The van der Waals surface area contributed by atoms with Gasteiger partial charge in [0.05, 0.1) is 0 Å². The average molecular weight is 329 g/mol. The van der Waals surface area contributed by atoms with Crippen LogP contribution in [-0.4, -0.2) is 19.5 Å². The molecular formula is C13H15NO5S2. The quantitative estimate of drug-likeness (QED) is 0.878. The van der Waals surface area contributed by atoms with Crippen LogP contribution in [-0.2, 0) is 16.6 Å². The van der Waals surface area contributed by atoms with Crippen molar-refractivity contribution in [1.29, 1.82) is 0 Å². The maximum atomic E-state index is 12.4. The second-order valence-corrected chi connectivity index (χ2v) is 7.08. The molecule has 0 aliphatic heterocycles. The second kappa shape index (κ2) is 5.63. The van der Waals surface area contributed by atoms with E-state index in [1.807, 2.05) is 17.7 Å². The van der Waals surface area contributed by atoms with Gasteiger partial charge < -0.3 is 9.52 Å². The number of aromatic carboxylic acids is 1. The van der Waals surface area contributed by atoms with E-state index in [9.17, 15) is 13.2 Å². The Morgan fingerprint density at radius 1 is 1.29 bits per heavy atom. The van der Waals surface area contributed by atoms with Gasteiger partial charge in [0.15, 0.2) is 0 Å². The average Bonchev–Trinajstić information content (AvgIpc) is 2.90. The van der Waals surface area contributed by atoms with Crippen LogP contribution in [0.5, 0.6) is 0 Å². The molecule has 0 radical (unpaired) electrons. The van der Waals surface area contributed by atoms with Crippen LogP contribution in [0.25, 0.3) is 0 Å². The van der Waals surface area contributed by atoms with Crippen LogP contribution in [0.15, 0.2) is 20.1 Å². The van der Waals surface area contributed by atoms with Crippen LogP contribution in [0.4, 0.5) is 0 Å². The SMILES string of the molecule is Cc1cscc1CNS(=O)(=O)c1c(C)oc(C)c1C(=O)O. The van der Waals surface area contributed by atoms with Gasteiger partial charge in [0, 0.05) is 6.54 Å². The lowest BCUT2D eigenvalue weighted by molar-refractivity contribution is 0.0691. The Balaban J connectivity index is 2.36. The third-order valence-corrected chi connectivity index (χ3v) is 5.57. The summed E-state index contributed by atoms with van der Waals surface area (Å²) in [5.41, 5.74) is 1.53. The van der Waals surface area contributed by atoms with Gasteiger partial charge in [-0.1, -0.05) is 0 Å². The maximum Gasteiger partial charge on any atom is 0.340 e. The molecule has 2 aromatic rings. The summed E-state index contributed by atoms with van der Waals surface area (Å²) in [5, 5.41) is 12.9. The molecule has 0 fully saturated rings. The molecule has 114 valence electrons. The lowest BCUT2D eigenvalue weighted by Gasteiger charge is -2.07. The van der Waals surface area contributed by atoms with E-state index in [-0.39, 0.29) is 28.5 Å². The van der Waals surface area contributed by atoms with Gasteiger partial charge in [-0.15, -0.1) is 0 Å². The summed E-state index contributed by atoms with van der Waals surface area (Å²) in [7, 11) is -3.96. The highest BCUT2D eigenvalue weighted by atomic mass is 32.2. The highest BCUT2D eigenvalue weighted by molar-refractivity contribution is 7.89. The minimum atomic E-state index is -3.96. The number of hydrogen-bond donors (Lipinski definition) is 2. The van der Waals surface area contributed by atoms with Crippen molar-refractivity contribution in [2.75, 3.05) is 0 Å². The minimum Gasteiger partial charge on any atom is -0.478 e. The zero-order chi connectivity index (χ0) is 15.8. The van der Waals surface area contributed by atoms with E-state index in [4.69, 9.17) is 9.52 Å². The Labute approximate surface area is 126 Å². The molecule has 0 spiro atoms. The van der Waals surface area contributed by atoms with E-state index in [0.29, 0.717) is 0 Å². The fourth-order valence-corrected chi connectivity index (χ4v) is 4.31. The summed E-state index contributed by atoms with van der Waals surface area (Å²) >= 11 is 1.48. The summed E-state index contributed by atoms with van der Waals surface area (Å²) in [6, 6.07) is 0. The lowest BCUT2D eigenvalue weighted by atomic mass is 10.2. The van der Waals surface area contributed by atoms with Crippen LogP contribution < -0.4 is 4.72 Å². The van der Waals surface area contributed by atoms with Crippen LogP contribution in [0, 0.1) is 20.8 Å². The fraction of sp³-hybridized carbons (Fsp3) is 0.308. The van der Waals surface area contributed by atoms with E-state index in [1.165, 1.54) is 25.2 Å². The molecule has 2 rings (SSSR count). The van der Waals surface area contributed by atoms with Crippen molar-refractivity contribution < 1.29 is 22.7 Å². The van der Waals surface area contributed by atoms with Crippen molar-refractivity contribution >= 4 is 27.3 Å². The monoisotopic (exact) mass is 329 g/mol. The second-order valence-electron chi connectivity index (χ2n) is 4.63. The normalized spacial score (nSPS) is 11.8. The molecular weight excluding hydrogens is 314 g/mol. The lowest BCUT2D eigenvalue weighted by Crippen LogP contribution is -2.25. The first-order valence-corrected chi connectivity index (χ1v) is 8.51. The summed E-state index contributed by atoms with van der Waals surface area (Å²) < 4.78 is 32.3. The van der Waals surface area contributed by atoms with E-state index in [0.717, 1.165) is 11.1 Å². The number of sulfonamides is 1. The van der Waals surface area contributed by atoms with Crippen molar-refractivity contribution in [3.8, 4) is 0 Å². The number of nitrogens with one attached hydrogen (secondary N) is 1. The van der Waals surface area contributed by atoms with E-state index in [2.05, 4.69) is 4.72 Å². The number of furan rings is 1. The number of carboxylic acids is 1. The molecule has 0 aliphatic rings. The Hall–Kier alpha value is -1.64. The minimum absolute atomic E-state index is 0.0689. The molecule has 0 bridgehead atoms. The molecule has 0 saturated carbocycles.